The van der Waals surface area contributed by atoms with Crippen molar-refractivity contribution in [3.8, 4) is 0 Å². The zero-order chi connectivity index (χ0) is 13.9. The second-order valence-electron chi connectivity index (χ2n) is 5.85. The maximum absolute atomic E-state index is 5.90. The van der Waals surface area contributed by atoms with Gasteiger partial charge in [0.05, 0.1) is 6.04 Å². The smallest absolute Gasteiger partial charge is 0.0589 e. The van der Waals surface area contributed by atoms with Crippen LogP contribution in [-0.2, 0) is 0 Å². The van der Waals surface area contributed by atoms with Crippen LogP contribution in [0.1, 0.15) is 49.3 Å². The molecule has 2 fully saturated rings. The van der Waals surface area contributed by atoms with Crippen molar-refractivity contribution >= 4 is 23.5 Å². The van der Waals surface area contributed by atoms with Gasteiger partial charge in [0.25, 0.3) is 0 Å². The highest BCUT2D eigenvalue weighted by atomic mass is 32.2. The quantitative estimate of drug-likeness (QED) is 0.657. The van der Waals surface area contributed by atoms with E-state index < -0.39 is 0 Å². The molecule has 3 rings (SSSR count). The standard InChI is InChI=1S/C16H24N2S2/c1-11-16(20-9-8-19-11)15(18-17)14-7-3-6-13(10-14)12-4-2-5-12/h3,6-7,10-12,15-16,18H,2,4-5,8-9,17H2,1H3. The largest absolute Gasteiger partial charge is 0.271 e. The Morgan fingerprint density at radius 3 is 2.70 bits per heavy atom. The predicted octanol–water partition coefficient (Wildman–Crippen LogP) is 3.70. The summed E-state index contributed by atoms with van der Waals surface area (Å²) in [5, 5.41) is 1.22. The van der Waals surface area contributed by atoms with E-state index in [0.29, 0.717) is 10.5 Å². The van der Waals surface area contributed by atoms with Crippen LogP contribution in [0, 0.1) is 0 Å². The van der Waals surface area contributed by atoms with Crippen LogP contribution in [0.5, 0.6) is 0 Å². The van der Waals surface area contributed by atoms with Gasteiger partial charge in [0.1, 0.15) is 0 Å². The van der Waals surface area contributed by atoms with Crippen LogP contribution in [0.2, 0.25) is 0 Å². The highest BCUT2D eigenvalue weighted by Crippen LogP contribution is 2.40. The van der Waals surface area contributed by atoms with E-state index in [1.165, 1.54) is 41.9 Å². The number of nitrogens with one attached hydrogen (secondary N) is 1. The van der Waals surface area contributed by atoms with E-state index in [0.717, 1.165) is 5.92 Å². The maximum atomic E-state index is 5.90. The molecule has 1 aliphatic carbocycles. The minimum absolute atomic E-state index is 0.267. The van der Waals surface area contributed by atoms with Gasteiger partial charge in [0.15, 0.2) is 0 Å². The molecular formula is C16H24N2S2. The Morgan fingerprint density at radius 1 is 1.25 bits per heavy atom. The lowest BCUT2D eigenvalue weighted by Crippen LogP contribution is -2.41. The van der Waals surface area contributed by atoms with Gasteiger partial charge in [-0.2, -0.15) is 23.5 Å². The summed E-state index contributed by atoms with van der Waals surface area (Å²) in [6, 6.07) is 9.38. The van der Waals surface area contributed by atoms with E-state index in [9.17, 15) is 0 Å². The number of benzene rings is 1. The molecule has 3 unspecified atom stereocenters. The molecule has 1 saturated carbocycles. The minimum Gasteiger partial charge on any atom is -0.271 e. The lowest BCUT2D eigenvalue weighted by molar-refractivity contribution is 0.418. The highest BCUT2D eigenvalue weighted by Gasteiger charge is 2.31. The number of thioether (sulfide) groups is 2. The van der Waals surface area contributed by atoms with Gasteiger partial charge >= 0.3 is 0 Å². The Hall–Kier alpha value is -0.160. The third-order valence-corrected chi connectivity index (χ3v) is 7.79. The molecule has 0 radical (unpaired) electrons. The Morgan fingerprint density at radius 2 is 2.05 bits per heavy atom. The van der Waals surface area contributed by atoms with Crippen LogP contribution in [0.4, 0.5) is 0 Å². The van der Waals surface area contributed by atoms with E-state index >= 15 is 0 Å². The normalized spacial score (nSPS) is 28.9. The van der Waals surface area contributed by atoms with Crippen LogP contribution in [0.15, 0.2) is 24.3 Å². The summed E-state index contributed by atoms with van der Waals surface area (Å²) in [5.74, 6) is 9.19. The fourth-order valence-corrected chi connectivity index (χ4v) is 6.08. The van der Waals surface area contributed by atoms with E-state index in [1.807, 2.05) is 0 Å². The number of rotatable bonds is 4. The lowest BCUT2D eigenvalue weighted by atomic mass is 9.79. The van der Waals surface area contributed by atoms with Crippen molar-refractivity contribution in [3.63, 3.8) is 0 Å². The zero-order valence-corrected chi connectivity index (χ0v) is 13.7. The van der Waals surface area contributed by atoms with Crippen LogP contribution in [0.25, 0.3) is 0 Å². The number of nitrogens with two attached hydrogens (primary N) is 1. The van der Waals surface area contributed by atoms with Crippen molar-refractivity contribution < 1.29 is 0 Å². The zero-order valence-electron chi connectivity index (χ0n) is 12.0. The first-order valence-corrected chi connectivity index (χ1v) is 9.68. The number of hydrazine groups is 1. The third-order valence-electron chi connectivity index (χ3n) is 4.59. The molecule has 3 N–H and O–H groups in total. The number of hydrogen-bond donors (Lipinski definition) is 2. The molecule has 110 valence electrons. The second-order valence-corrected chi connectivity index (χ2v) is 8.62. The van der Waals surface area contributed by atoms with Crippen molar-refractivity contribution in [2.24, 2.45) is 5.84 Å². The molecule has 1 heterocycles. The van der Waals surface area contributed by atoms with E-state index in [2.05, 4.69) is 60.1 Å². The molecule has 0 bridgehead atoms. The summed E-state index contributed by atoms with van der Waals surface area (Å²) in [6.45, 7) is 2.33. The van der Waals surface area contributed by atoms with Gasteiger partial charge < -0.3 is 0 Å². The van der Waals surface area contributed by atoms with E-state index in [4.69, 9.17) is 5.84 Å². The average molecular weight is 309 g/mol. The fraction of sp³-hybridized carbons (Fsp3) is 0.625. The molecular weight excluding hydrogens is 284 g/mol. The van der Waals surface area contributed by atoms with Crippen molar-refractivity contribution in [1.82, 2.24) is 5.43 Å². The molecule has 1 saturated heterocycles. The monoisotopic (exact) mass is 308 g/mol. The Kier molecular flexibility index (Phi) is 4.97. The first kappa shape index (κ1) is 14.8. The average Bonchev–Trinajstić information content (AvgIpc) is 2.40. The Balaban J connectivity index is 1.80. The summed E-state index contributed by atoms with van der Waals surface area (Å²) in [4.78, 5) is 0. The Bertz CT molecular complexity index is 448. The van der Waals surface area contributed by atoms with Gasteiger partial charge in [-0.15, -0.1) is 0 Å². The molecule has 0 amide bonds. The molecule has 2 nitrogen and oxygen atoms in total. The SMILES string of the molecule is CC1SCCSC1C(NN)c1cccc(C2CCC2)c1. The molecule has 0 spiro atoms. The minimum atomic E-state index is 0.267. The van der Waals surface area contributed by atoms with Gasteiger partial charge in [-0.05, 0) is 29.9 Å². The van der Waals surface area contributed by atoms with Gasteiger partial charge in [-0.1, -0.05) is 37.6 Å². The van der Waals surface area contributed by atoms with Crippen molar-refractivity contribution in [2.75, 3.05) is 11.5 Å². The maximum Gasteiger partial charge on any atom is 0.0589 e. The summed E-state index contributed by atoms with van der Waals surface area (Å²) < 4.78 is 0. The third kappa shape index (κ3) is 3.03. The van der Waals surface area contributed by atoms with Crippen LogP contribution < -0.4 is 11.3 Å². The van der Waals surface area contributed by atoms with Crippen molar-refractivity contribution in [3.05, 3.63) is 35.4 Å². The summed E-state index contributed by atoms with van der Waals surface area (Å²) >= 11 is 4.14. The summed E-state index contributed by atoms with van der Waals surface area (Å²) in [6.07, 6.45) is 4.10. The fourth-order valence-electron chi connectivity index (χ4n) is 3.14. The van der Waals surface area contributed by atoms with E-state index in [-0.39, 0.29) is 6.04 Å². The van der Waals surface area contributed by atoms with Crippen LogP contribution >= 0.6 is 23.5 Å². The van der Waals surface area contributed by atoms with Crippen molar-refractivity contribution in [1.29, 1.82) is 0 Å². The predicted molar refractivity (Wildman–Crippen MR) is 91.3 cm³/mol. The number of hydrogen-bond acceptors (Lipinski definition) is 4. The summed E-state index contributed by atoms with van der Waals surface area (Å²) in [7, 11) is 0. The van der Waals surface area contributed by atoms with Crippen LogP contribution in [0.3, 0.4) is 0 Å². The van der Waals surface area contributed by atoms with Crippen LogP contribution in [-0.4, -0.2) is 22.0 Å². The van der Waals surface area contributed by atoms with Gasteiger partial charge in [0.2, 0.25) is 0 Å². The molecule has 2 aliphatic rings. The summed E-state index contributed by atoms with van der Waals surface area (Å²) in [5.41, 5.74) is 5.96. The highest BCUT2D eigenvalue weighted by molar-refractivity contribution is 8.07. The molecule has 20 heavy (non-hydrogen) atoms. The first-order valence-electron chi connectivity index (χ1n) is 7.59. The molecule has 1 aromatic carbocycles. The topological polar surface area (TPSA) is 38.0 Å². The van der Waals surface area contributed by atoms with Gasteiger partial charge in [-0.3, -0.25) is 11.3 Å². The molecule has 1 aromatic rings. The van der Waals surface area contributed by atoms with Crippen molar-refractivity contribution in [2.45, 2.75) is 48.6 Å². The van der Waals surface area contributed by atoms with Gasteiger partial charge in [0, 0.05) is 22.0 Å². The Labute approximate surface area is 130 Å². The molecule has 1 aliphatic heterocycles. The van der Waals surface area contributed by atoms with E-state index in [1.54, 1.807) is 0 Å². The van der Waals surface area contributed by atoms with Gasteiger partial charge in [-0.25, -0.2) is 0 Å². The molecule has 4 heteroatoms. The second kappa shape index (κ2) is 6.73. The lowest BCUT2D eigenvalue weighted by Gasteiger charge is -2.35. The molecule has 0 aromatic heterocycles. The first-order chi connectivity index (χ1) is 9.79. The molecule has 3 atom stereocenters.